The van der Waals surface area contributed by atoms with Gasteiger partial charge in [0.2, 0.25) is 5.28 Å². The summed E-state index contributed by atoms with van der Waals surface area (Å²) >= 11 is 5.45. The molecule has 1 aromatic rings. The topological polar surface area (TPSA) is 47.0 Å². The van der Waals surface area contributed by atoms with E-state index in [1.165, 1.54) is 0 Å². The summed E-state index contributed by atoms with van der Waals surface area (Å²) in [7, 11) is 0. The first-order valence-electron chi connectivity index (χ1n) is 5.29. The minimum absolute atomic E-state index is 0.0227. The molecule has 0 fully saturated rings. The maximum atomic E-state index is 12.5. The van der Waals surface area contributed by atoms with Crippen LogP contribution in [0.4, 0.5) is 19.0 Å². The first kappa shape index (κ1) is 15.0. The lowest BCUT2D eigenvalue weighted by molar-refractivity contribution is -0.141. The molecule has 1 atom stereocenters. The Morgan fingerprint density at radius 3 is 2.67 bits per heavy atom. The molecule has 0 amide bonds. The van der Waals surface area contributed by atoms with Gasteiger partial charge in [-0.1, -0.05) is 0 Å². The number of hydrogen-bond donors (Lipinski definition) is 1. The lowest BCUT2D eigenvalue weighted by Crippen LogP contribution is -2.23. The predicted octanol–water partition coefficient (Wildman–Crippen LogP) is 2.99. The summed E-state index contributed by atoms with van der Waals surface area (Å²) in [6.07, 6.45) is -4.55. The summed E-state index contributed by atoms with van der Waals surface area (Å²) in [5, 5.41) is 2.32. The van der Waals surface area contributed by atoms with Crippen molar-refractivity contribution in [1.29, 1.82) is 0 Å². The van der Waals surface area contributed by atoms with Crippen molar-refractivity contribution >= 4 is 17.4 Å². The van der Waals surface area contributed by atoms with Crippen LogP contribution in [0.15, 0.2) is 6.07 Å². The van der Waals surface area contributed by atoms with E-state index in [4.69, 9.17) is 16.3 Å². The molecule has 0 spiro atoms. The molecule has 102 valence electrons. The fourth-order valence-electron chi connectivity index (χ4n) is 1.23. The van der Waals surface area contributed by atoms with Crippen LogP contribution < -0.4 is 5.32 Å². The van der Waals surface area contributed by atoms with E-state index in [-0.39, 0.29) is 11.9 Å². The molecule has 0 aliphatic carbocycles. The molecule has 0 aliphatic rings. The highest BCUT2D eigenvalue weighted by Gasteiger charge is 2.33. The van der Waals surface area contributed by atoms with Crippen molar-refractivity contribution in [3.8, 4) is 0 Å². The number of anilines is 1. The normalized spacial score (nSPS) is 13.4. The molecule has 1 N–H and O–H groups in total. The van der Waals surface area contributed by atoms with Crippen LogP contribution >= 0.6 is 11.6 Å². The molecule has 18 heavy (non-hydrogen) atoms. The van der Waals surface area contributed by atoms with Gasteiger partial charge >= 0.3 is 6.18 Å². The summed E-state index contributed by atoms with van der Waals surface area (Å²) in [6, 6.07) is 0.630. The van der Waals surface area contributed by atoms with Gasteiger partial charge in [-0.3, -0.25) is 0 Å². The molecule has 0 radical (unpaired) electrons. The molecule has 1 rings (SSSR count). The number of alkyl halides is 3. The van der Waals surface area contributed by atoms with E-state index >= 15 is 0 Å². The number of hydrogen-bond acceptors (Lipinski definition) is 4. The third-order valence-corrected chi connectivity index (χ3v) is 2.12. The number of ether oxygens (including phenoxy) is 1. The van der Waals surface area contributed by atoms with Crippen LogP contribution in [0.25, 0.3) is 0 Å². The number of nitrogens with zero attached hydrogens (tertiary/aromatic N) is 2. The van der Waals surface area contributed by atoms with Crippen molar-refractivity contribution in [3.05, 3.63) is 17.0 Å². The van der Waals surface area contributed by atoms with Gasteiger partial charge in [0.05, 0.1) is 6.61 Å². The summed E-state index contributed by atoms with van der Waals surface area (Å²) in [5.41, 5.74) is -1.08. The smallest absolute Gasteiger partial charge is 0.380 e. The van der Waals surface area contributed by atoms with Crippen molar-refractivity contribution in [2.24, 2.45) is 0 Å². The zero-order valence-electron chi connectivity index (χ0n) is 9.88. The van der Waals surface area contributed by atoms with Gasteiger partial charge in [-0.2, -0.15) is 13.2 Å². The van der Waals surface area contributed by atoms with Gasteiger partial charge < -0.3 is 10.1 Å². The van der Waals surface area contributed by atoms with E-state index in [2.05, 4.69) is 15.3 Å². The second-order valence-corrected chi connectivity index (χ2v) is 3.95. The standard InChI is InChI=1S/C10H13ClF3N3O/c1-3-18-5-6(2)15-8-4-7(10(12,13)14)16-9(11)17-8/h4,6H,3,5H2,1-2H3,(H,15,16,17). The number of halogens is 4. The van der Waals surface area contributed by atoms with Crippen molar-refractivity contribution in [1.82, 2.24) is 9.97 Å². The Hall–Kier alpha value is -1.08. The molecule has 1 heterocycles. The Bertz CT molecular complexity index is 400. The average molecular weight is 284 g/mol. The SMILES string of the molecule is CCOCC(C)Nc1cc(C(F)(F)F)nc(Cl)n1. The number of rotatable bonds is 5. The van der Waals surface area contributed by atoms with Crippen LogP contribution in [0.5, 0.6) is 0 Å². The minimum atomic E-state index is -4.55. The lowest BCUT2D eigenvalue weighted by atomic mass is 10.3. The third-order valence-electron chi connectivity index (χ3n) is 1.96. The van der Waals surface area contributed by atoms with Crippen LogP contribution in [0.1, 0.15) is 19.5 Å². The van der Waals surface area contributed by atoms with Crippen LogP contribution in [0.2, 0.25) is 5.28 Å². The first-order valence-corrected chi connectivity index (χ1v) is 5.66. The Morgan fingerprint density at radius 2 is 2.11 bits per heavy atom. The highest BCUT2D eigenvalue weighted by atomic mass is 35.5. The molecule has 1 aromatic heterocycles. The van der Waals surface area contributed by atoms with E-state index in [0.29, 0.717) is 13.2 Å². The molecular formula is C10H13ClF3N3O. The lowest BCUT2D eigenvalue weighted by Gasteiger charge is -2.15. The zero-order chi connectivity index (χ0) is 13.8. The highest BCUT2D eigenvalue weighted by molar-refractivity contribution is 6.28. The van der Waals surface area contributed by atoms with Crippen LogP contribution in [0, 0.1) is 0 Å². The average Bonchev–Trinajstić information content (AvgIpc) is 2.24. The van der Waals surface area contributed by atoms with Gasteiger partial charge in [0.25, 0.3) is 0 Å². The molecule has 0 bridgehead atoms. The van der Waals surface area contributed by atoms with Crippen molar-refractivity contribution in [2.75, 3.05) is 18.5 Å². The second kappa shape index (κ2) is 6.19. The molecule has 8 heteroatoms. The Morgan fingerprint density at radius 1 is 1.44 bits per heavy atom. The molecule has 0 aliphatic heterocycles. The van der Waals surface area contributed by atoms with Gasteiger partial charge in [-0.05, 0) is 25.4 Å². The Labute approximate surface area is 108 Å². The Kier molecular flexibility index (Phi) is 5.15. The van der Waals surface area contributed by atoms with Gasteiger partial charge in [0.15, 0.2) is 5.69 Å². The maximum absolute atomic E-state index is 12.5. The number of nitrogens with one attached hydrogen (secondary N) is 1. The van der Waals surface area contributed by atoms with Crippen LogP contribution in [-0.4, -0.2) is 29.2 Å². The first-order chi connectivity index (χ1) is 8.32. The monoisotopic (exact) mass is 283 g/mol. The quantitative estimate of drug-likeness (QED) is 0.844. The van der Waals surface area contributed by atoms with Gasteiger partial charge in [0, 0.05) is 18.7 Å². The molecular weight excluding hydrogens is 271 g/mol. The summed E-state index contributed by atoms with van der Waals surface area (Å²) in [4.78, 5) is 6.82. The van der Waals surface area contributed by atoms with Gasteiger partial charge in [-0.25, -0.2) is 9.97 Å². The Balaban J connectivity index is 2.80. The predicted molar refractivity (Wildman–Crippen MR) is 61.6 cm³/mol. The molecule has 0 saturated carbocycles. The minimum Gasteiger partial charge on any atom is -0.380 e. The number of aromatic nitrogens is 2. The summed E-state index contributed by atoms with van der Waals surface area (Å²) in [6.45, 7) is 4.48. The summed E-state index contributed by atoms with van der Waals surface area (Å²) < 4.78 is 42.6. The van der Waals surface area contributed by atoms with E-state index in [9.17, 15) is 13.2 Å². The van der Waals surface area contributed by atoms with Gasteiger partial charge in [-0.15, -0.1) is 0 Å². The van der Waals surface area contributed by atoms with Crippen LogP contribution in [-0.2, 0) is 10.9 Å². The fraction of sp³-hybridized carbons (Fsp3) is 0.600. The molecule has 0 aromatic carbocycles. The van der Waals surface area contributed by atoms with Gasteiger partial charge in [0.1, 0.15) is 5.82 Å². The fourth-order valence-corrected chi connectivity index (χ4v) is 1.41. The molecule has 0 saturated heterocycles. The molecule has 1 unspecified atom stereocenters. The second-order valence-electron chi connectivity index (χ2n) is 3.61. The summed E-state index contributed by atoms with van der Waals surface area (Å²) in [5.74, 6) is 0.0227. The zero-order valence-corrected chi connectivity index (χ0v) is 10.6. The van der Waals surface area contributed by atoms with E-state index in [1.54, 1.807) is 6.92 Å². The maximum Gasteiger partial charge on any atom is 0.433 e. The van der Waals surface area contributed by atoms with E-state index in [0.717, 1.165) is 6.07 Å². The highest BCUT2D eigenvalue weighted by Crippen LogP contribution is 2.29. The van der Waals surface area contributed by atoms with E-state index in [1.807, 2.05) is 6.92 Å². The largest absolute Gasteiger partial charge is 0.433 e. The molecule has 4 nitrogen and oxygen atoms in total. The van der Waals surface area contributed by atoms with E-state index < -0.39 is 17.2 Å². The van der Waals surface area contributed by atoms with Crippen molar-refractivity contribution < 1.29 is 17.9 Å². The van der Waals surface area contributed by atoms with Crippen LogP contribution in [0.3, 0.4) is 0 Å². The van der Waals surface area contributed by atoms with Crippen molar-refractivity contribution in [3.63, 3.8) is 0 Å². The third kappa shape index (κ3) is 4.66. The van der Waals surface area contributed by atoms with Crippen molar-refractivity contribution in [2.45, 2.75) is 26.1 Å².